The van der Waals surface area contributed by atoms with Gasteiger partial charge >= 0.3 is 0 Å². The van der Waals surface area contributed by atoms with E-state index >= 15 is 0 Å². The second-order valence-electron chi connectivity index (χ2n) is 8.86. The molecule has 2 amide bonds. The number of sulfonamides is 1. The third-order valence-electron chi connectivity index (χ3n) is 5.43. The highest BCUT2D eigenvalue weighted by Gasteiger charge is 2.27. The predicted molar refractivity (Wildman–Crippen MR) is 145 cm³/mol. The number of aryl methyl sites for hydroxylation is 1. The molecule has 0 radical (unpaired) electrons. The number of halogens is 2. The summed E-state index contributed by atoms with van der Waals surface area (Å²) in [4.78, 5) is 27.5. The highest BCUT2D eigenvalue weighted by Crippen LogP contribution is 2.27. The van der Waals surface area contributed by atoms with Crippen molar-refractivity contribution in [2.75, 3.05) is 17.1 Å². The van der Waals surface area contributed by atoms with E-state index < -0.39 is 16.1 Å². The molecule has 0 bridgehead atoms. The van der Waals surface area contributed by atoms with Gasteiger partial charge in [-0.1, -0.05) is 45.7 Å². The number of nitrogens with zero attached hydrogens (tertiary/aromatic N) is 2. The molecule has 0 saturated heterocycles. The van der Waals surface area contributed by atoms with Crippen molar-refractivity contribution < 1.29 is 18.0 Å². The van der Waals surface area contributed by atoms with Crippen molar-refractivity contribution in [2.24, 2.45) is 0 Å². The zero-order chi connectivity index (χ0) is 26.3. The molecule has 0 heterocycles. The standard InChI is InChI=1S/C25H33BrClN3O4S/c1-17(2)28-25(32)19(4)29(16-20-8-6-9-21(26)14-20)24(31)10-7-13-30(35(5,33)34)23-15-22(27)12-11-18(23)3/h6,8-9,11-12,14-15,17,19H,7,10,13,16H2,1-5H3,(H,28,32). The minimum Gasteiger partial charge on any atom is -0.352 e. The van der Waals surface area contributed by atoms with Gasteiger partial charge in [-0.2, -0.15) is 0 Å². The Morgan fingerprint density at radius 2 is 1.80 bits per heavy atom. The molecule has 1 N–H and O–H groups in total. The number of amides is 2. The number of carbonyl (C=O) groups is 2. The van der Waals surface area contributed by atoms with E-state index in [1.54, 1.807) is 25.1 Å². The van der Waals surface area contributed by atoms with Crippen molar-refractivity contribution in [2.45, 2.75) is 59.2 Å². The van der Waals surface area contributed by atoms with Crippen molar-refractivity contribution in [1.29, 1.82) is 0 Å². The third-order valence-corrected chi connectivity index (χ3v) is 7.34. The van der Waals surface area contributed by atoms with Gasteiger partial charge in [-0.15, -0.1) is 0 Å². The summed E-state index contributed by atoms with van der Waals surface area (Å²) in [6.45, 7) is 7.61. The molecule has 7 nitrogen and oxygen atoms in total. The SMILES string of the molecule is Cc1ccc(Cl)cc1N(CCCC(=O)N(Cc1cccc(Br)c1)C(C)C(=O)NC(C)C)S(C)(=O)=O. The van der Waals surface area contributed by atoms with Gasteiger partial charge in [0.1, 0.15) is 6.04 Å². The van der Waals surface area contributed by atoms with Gasteiger partial charge in [-0.25, -0.2) is 8.42 Å². The Balaban J connectivity index is 2.21. The molecular weight excluding hydrogens is 554 g/mol. The lowest BCUT2D eigenvalue weighted by molar-refractivity contribution is -0.140. The minimum atomic E-state index is -3.59. The first kappa shape index (κ1) is 29.1. The second kappa shape index (κ2) is 12.7. The minimum absolute atomic E-state index is 0.0583. The van der Waals surface area contributed by atoms with Crippen LogP contribution in [0.15, 0.2) is 46.9 Å². The fourth-order valence-electron chi connectivity index (χ4n) is 3.65. The van der Waals surface area contributed by atoms with E-state index in [-0.39, 0.29) is 43.8 Å². The predicted octanol–water partition coefficient (Wildman–Crippen LogP) is 4.90. The molecule has 0 aliphatic heterocycles. The lowest BCUT2D eigenvalue weighted by Crippen LogP contribution is -2.49. The summed E-state index contributed by atoms with van der Waals surface area (Å²) in [7, 11) is -3.59. The van der Waals surface area contributed by atoms with E-state index in [0.717, 1.165) is 21.9 Å². The van der Waals surface area contributed by atoms with Crippen LogP contribution in [0.5, 0.6) is 0 Å². The molecule has 1 unspecified atom stereocenters. The van der Waals surface area contributed by atoms with Crippen LogP contribution in [0, 0.1) is 6.92 Å². The Morgan fingerprint density at radius 3 is 2.40 bits per heavy atom. The van der Waals surface area contributed by atoms with E-state index in [2.05, 4.69) is 21.2 Å². The molecule has 2 aromatic rings. The molecule has 35 heavy (non-hydrogen) atoms. The molecule has 0 aromatic heterocycles. The van der Waals surface area contributed by atoms with Gasteiger partial charge in [-0.05, 0) is 69.5 Å². The largest absolute Gasteiger partial charge is 0.352 e. The molecule has 0 saturated carbocycles. The molecule has 0 aliphatic rings. The van der Waals surface area contributed by atoms with Crippen molar-refractivity contribution >= 4 is 55.1 Å². The van der Waals surface area contributed by atoms with E-state index in [1.807, 2.05) is 45.0 Å². The summed E-state index contributed by atoms with van der Waals surface area (Å²) in [5, 5.41) is 3.29. The normalized spacial score (nSPS) is 12.3. The number of rotatable bonds is 11. The van der Waals surface area contributed by atoms with E-state index in [4.69, 9.17) is 11.6 Å². The third kappa shape index (κ3) is 8.81. The molecule has 1 atom stereocenters. The van der Waals surface area contributed by atoms with Gasteiger partial charge in [0.15, 0.2) is 0 Å². The monoisotopic (exact) mass is 585 g/mol. The number of hydrogen-bond acceptors (Lipinski definition) is 4. The van der Waals surface area contributed by atoms with Crippen LogP contribution in [-0.2, 0) is 26.2 Å². The van der Waals surface area contributed by atoms with E-state index in [1.165, 1.54) is 9.21 Å². The number of nitrogens with one attached hydrogen (secondary N) is 1. The van der Waals surface area contributed by atoms with Crippen molar-refractivity contribution in [1.82, 2.24) is 10.2 Å². The molecule has 2 rings (SSSR count). The molecule has 2 aromatic carbocycles. The van der Waals surface area contributed by atoms with Crippen molar-refractivity contribution in [3.63, 3.8) is 0 Å². The van der Waals surface area contributed by atoms with E-state index in [9.17, 15) is 18.0 Å². The zero-order valence-electron chi connectivity index (χ0n) is 20.7. The van der Waals surface area contributed by atoms with Crippen molar-refractivity contribution in [3.05, 3.63) is 63.1 Å². The summed E-state index contributed by atoms with van der Waals surface area (Å²) >= 11 is 9.54. The van der Waals surface area contributed by atoms with Gasteiger partial charge < -0.3 is 10.2 Å². The van der Waals surface area contributed by atoms with Gasteiger partial charge in [0.05, 0.1) is 11.9 Å². The molecular formula is C25H33BrClN3O4S. The van der Waals surface area contributed by atoms with Crippen LogP contribution < -0.4 is 9.62 Å². The highest BCUT2D eigenvalue weighted by atomic mass is 79.9. The zero-order valence-corrected chi connectivity index (χ0v) is 23.9. The Morgan fingerprint density at radius 1 is 1.11 bits per heavy atom. The Labute approximate surface area is 222 Å². The van der Waals surface area contributed by atoms with Crippen LogP contribution in [0.3, 0.4) is 0 Å². The summed E-state index contributed by atoms with van der Waals surface area (Å²) in [5.41, 5.74) is 2.13. The maximum absolute atomic E-state index is 13.3. The number of anilines is 1. The summed E-state index contributed by atoms with van der Waals surface area (Å²) in [6, 6.07) is 11.9. The molecule has 0 spiro atoms. The van der Waals surface area contributed by atoms with Gasteiger partial charge in [-0.3, -0.25) is 13.9 Å². The lowest BCUT2D eigenvalue weighted by Gasteiger charge is -2.30. The summed E-state index contributed by atoms with van der Waals surface area (Å²) in [6.07, 6.45) is 1.50. The van der Waals surface area contributed by atoms with Gasteiger partial charge in [0.25, 0.3) is 0 Å². The lowest BCUT2D eigenvalue weighted by atomic mass is 10.1. The quantitative estimate of drug-likeness (QED) is 0.406. The van der Waals surface area contributed by atoms with Crippen LogP contribution in [0.1, 0.15) is 44.7 Å². The molecule has 0 fully saturated rings. The summed E-state index contributed by atoms with van der Waals surface area (Å²) < 4.78 is 27.2. The average molecular weight is 587 g/mol. The number of carbonyl (C=O) groups excluding carboxylic acids is 2. The fraction of sp³-hybridized carbons (Fsp3) is 0.440. The van der Waals surface area contributed by atoms with Crippen LogP contribution in [-0.4, -0.2) is 50.0 Å². The first-order chi connectivity index (χ1) is 16.3. The second-order valence-corrected chi connectivity index (χ2v) is 12.1. The number of benzene rings is 2. The Kier molecular flexibility index (Phi) is 10.6. The Hall–Kier alpha value is -2.10. The average Bonchev–Trinajstić information content (AvgIpc) is 2.75. The van der Waals surface area contributed by atoms with Crippen LogP contribution in [0.4, 0.5) is 5.69 Å². The maximum atomic E-state index is 13.3. The first-order valence-electron chi connectivity index (χ1n) is 11.4. The first-order valence-corrected chi connectivity index (χ1v) is 14.4. The fourth-order valence-corrected chi connectivity index (χ4v) is 5.28. The van der Waals surface area contributed by atoms with Gasteiger partial charge in [0.2, 0.25) is 21.8 Å². The van der Waals surface area contributed by atoms with Crippen LogP contribution in [0.25, 0.3) is 0 Å². The topological polar surface area (TPSA) is 86.8 Å². The Bertz CT molecular complexity index is 1160. The smallest absolute Gasteiger partial charge is 0.242 e. The molecule has 10 heteroatoms. The van der Waals surface area contributed by atoms with Crippen molar-refractivity contribution in [3.8, 4) is 0 Å². The molecule has 192 valence electrons. The molecule has 0 aliphatic carbocycles. The number of hydrogen-bond donors (Lipinski definition) is 1. The maximum Gasteiger partial charge on any atom is 0.242 e. The summed E-state index contributed by atoms with van der Waals surface area (Å²) in [5.74, 6) is -0.469. The highest BCUT2D eigenvalue weighted by molar-refractivity contribution is 9.10. The van der Waals surface area contributed by atoms with Gasteiger partial charge in [0, 0.05) is 35.0 Å². The van der Waals surface area contributed by atoms with E-state index in [0.29, 0.717) is 10.7 Å². The van der Waals surface area contributed by atoms with Crippen LogP contribution in [0.2, 0.25) is 5.02 Å². The van der Waals surface area contributed by atoms with Crippen LogP contribution >= 0.6 is 27.5 Å².